The molecule has 0 saturated carbocycles. The second kappa shape index (κ2) is 3.63. The summed E-state index contributed by atoms with van der Waals surface area (Å²) in [6, 6.07) is 1.15. The summed E-state index contributed by atoms with van der Waals surface area (Å²) in [4.78, 5) is 14.3. The minimum Gasteiger partial charge on any atom is -0.300 e. The van der Waals surface area contributed by atoms with E-state index >= 15 is 0 Å². The van der Waals surface area contributed by atoms with Crippen molar-refractivity contribution in [3.63, 3.8) is 0 Å². The predicted molar refractivity (Wildman–Crippen MR) is 43.6 cm³/mol. The van der Waals surface area contributed by atoms with Crippen LogP contribution in [0.3, 0.4) is 0 Å². The minimum absolute atomic E-state index is 0.0454. The van der Waals surface area contributed by atoms with Gasteiger partial charge in [-0.3, -0.25) is 9.78 Å². The molecule has 0 atom stereocenters. The fraction of sp³-hybridized carbons (Fsp3) is 0.250. The van der Waals surface area contributed by atoms with Crippen molar-refractivity contribution in [1.29, 1.82) is 0 Å². The van der Waals surface area contributed by atoms with Crippen LogP contribution in [-0.4, -0.2) is 10.8 Å². The van der Waals surface area contributed by atoms with E-state index < -0.39 is 5.82 Å². The number of ketones is 1. The van der Waals surface area contributed by atoms with E-state index in [1.165, 1.54) is 6.92 Å². The van der Waals surface area contributed by atoms with Crippen molar-refractivity contribution >= 4 is 17.4 Å². The molecule has 64 valence electrons. The summed E-state index contributed by atoms with van der Waals surface area (Å²) < 4.78 is 12.5. The first-order valence-corrected chi connectivity index (χ1v) is 3.76. The molecule has 1 heterocycles. The Labute approximate surface area is 74.4 Å². The van der Waals surface area contributed by atoms with Crippen LogP contribution >= 0.6 is 11.6 Å². The normalized spacial score (nSPS) is 9.92. The molecule has 0 saturated heterocycles. The largest absolute Gasteiger partial charge is 0.300 e. The Morgan fingerprint density at radius 3 is 2.92 bits per heavy atom. The van der Waals surface area contributed by atoms with Crippen LogP contribution in [0.2, 0.25) is 5.02 Å². The lowest BCUT2D eigenvalue weighted by Crippen LogP contribution is -2.00. The Bertz CT molecular complexity index is 314. The van der Waals surface area contributed by atoms with Crippen LogP contribution in [-0.2, 0) is 11.2 Å². The molecule has 2 nitrogen and oxygen atoms in total. The summed E-state index contributed by atoms with van der Waals surface area (Å²) in [6.07, 6.45) is 1.20. The van der Waals surface area contributed by atoms with Gasteiger partial charge in [-0.05, 0) is 13.0 Å². The highest BCUT2D eigenvalue weighted by atomic mass is 35.5. The molecule has 0 amide bonds. The van der Waals surface area contributed by atoms with Gasteiger partial charge in [-0.1, -0.05) is 11.6 Å². The number of Topliss-reactive ketones (excluding diaryl/α,β-unsaturated/α-hetero) is 1. The van der Waals surface area contributed by atoms with E-state index in [9.17, 15) is 9.18 Å². The van der Waals surface area contributed by atoms with Gasteiger partial charge in [-0.2, -0.15) is 0 Å². The SMILES string of the molecule is CC(=O)Cc1ncc(F)cc1Cl. The molecule has 12 heavy (non-hydrogen) atoms. The third-order valence-electron chi connectivity index (χ3n) is 1.30. The number of hydrogen-bond donors (Lipinski definition) is 0. The van der Waals surface area contributed by atoms with Crippen LogP contribution in [0.5, 0.6) is 0 Å². The lowest BCUT2D eigenvalue weighted by molar-refractivity contribution is -0.116. The van der Waals surface area contributed by atoms with Gasteiger partial charge in [-0.15, -0.1) is 0 Å². The van der Waals surface area contributed by atoms with Gasteiger partial charge in [0, 0.05) is 6.42 Å². The van der Waals surface area contributed by atoms with E-state index in [0.717, 1.165) is 12.3 Å². The highest BCUT2D eigenvalue weighted by molar-refractivity contribution is 6.31. The number of pyridine rings is 1. The van der Waals surface area contributed by atoms with Gasteiger partial charge in [-0.25, -0.2) is 4.39 Å². The Kier molecular flexibility index (Phi) is 2.76. The summed E-state index contributed by atoms with van der Waals surface area (Å²) in [5, 5.41) is 0.199. The van der Waals surface area contributed by atoms with Crippen molar-refractivity contribution in [1.82, 2.24) is 4.98 Å². The van der Waals surface area contributed by atoms with Crippen molar-refractivity contribution in [3.05, 3.63) is 28.8 Å². The predicted octanol–water partition coefficient (Wildman–Crippen LogP) is 2.01. The first-order valence-electron chi connectivity index (χ1n) is 3.39. The number of carbonyl (C=O) groups excluding carboxylic acids is 1. The molecule has 0 fully saturated rings. The molecule has 0 aliphatic rings. The Morgan fingerprint density at radius 2 is 2.42 bits per heavy atom. The van der Waals surface area contributed by atoms with Gasteiger partial charge in [0.05, 0.1) is 16.9 Å². The van der Waals surface area contributed by atoms with E-state index in [0.29, 0.717) is 5.69 Å². The first-order chi connectivity index (χ1) is 5.59. The second-order valence-electron chi connectivity index (χ2n) is 2.46. The standard InChI is InChI=1S/C8H7ClFNO/c1-5(12)2-8-7(9)3-6(10)4-11-8/h3-4H,2H2,1H3. The summed E-state index contributed by atoms with van der Waals surface area (Å²) in [7, 11) is 0. The third-order valence-corrected chi connectivity index (χ3v) is 1.63. The highest BCUT2D eigenvalue weighted by Gasteiger charge is 2.05. The summed E-state index contributed by atoms with van der Waals surface area (Å²) in [6.45, 7) is 1.43. The Hall–Kier alpha value is -0.960. The van der Waals surface area contributed by atoms with Crippen molar-refractivity contribution < 1.29 is 9.18 Å². The number of hydrogen-bond acceptors (Lipinski definition) is 2. The molecule has 1 rings (SSSR count). The zero-order valence-corrected chi connectivity index (χ0v) is 7.23. The summed E-state index contributed by atoms with van der Waals surface area (Å²) in [5.41, 5.74) is 0.422. The maximum absolute atomic E-state index is 12.5. The molecule has 1 aromatic heterocycles. The zero-order chi connectivity index (χ0) is 9.14. The maximum atomic E-state index is 12.5. The topological polar surface area (TPSA) is 30.0 Å². The third kappa shape index (κ3) is 2.27. The molecule has 0 bridgehead atoms. The van der Waals surface area contributed by atoms with Crippen molar-refractivity contribution in [2.24, 2.45) is 0 Å². The average Bonchev–Trinajstić information content (AvgIpc) is 1.94. The van der Waals surface area contributed by atoms with E-state index in [1.807, 2.05) is 0 Å². The molecular formula is C8H7ClFNO. The van der Waals surface area contributed by atoms with Crippen LogP contribution in [0.4, 0.5) is 4.39 Å². The van der Waals surface area contributed by atoms with Gasteiger partial charge < -0.3 is 0 Å². The molecule has 0 aliphatic carbocycles. The molecule has 1 aromatic rings. The van der Waals surface area contributed by atoms with E-state index in [-0.39, 0.29) is 17.2 Å². The van der Waals surface area contributed by atoms with E-state index in [2.05, 4.69) is 4.98 Å². The van der Waals surface area contributed by atoms with E-state index in [1.54, 1.807) is 0 Å². The molecule has 0 unspecified atom stereocenters. The van der Waals surface area contributed by atoms with Gasteiger partial charge >= 0.3 is 0 Å². The van der Waals surface area contributed by atoms with Gasteiger partial charge in [0.25, 0.3) is 0 Å². The second-order valence-corrected chi connectivity index (χ2v) is 2.87. The van der Waals surface area contributed by atoms with Crippen LogP contribution in [0, 0.1) is 5.82 Å². The quantitative estimate of drug-likeness (QED) is 0.709. The average molecular weight is 188 g/mol. The molecular weight excluding hydrogens is 181 g/mol. The van der Waals surface area contributed by atoms with Crippen molar-refractivity contribution in [3.8, 4) is 0 Å². The molecule has 0 spiro atoms. The van der Waals surface area contributed by atoms with Crippen molar-refractivity contribution in [2.75, 3.05) is 0 Å². The number of carbonyl (C=O) groups is 1. The maximum Gasteiger partial charge on any atom is 0.142 e. The number of aromatic nitrogens is 1. The molecule has 0 radical (unpaired) electrons. The van der Waals surface area contributed by atoms with Gasteiger partial charge in [0.2, 0.25) is 0 Å². The number of halogens is 2. The Balaban J connectivity index is 2.93. The lowest BCUT2D eigenvalue weighted by Gasteiger charge is -1.99. The van der Waals surface area contributed by atoms with Crippen LogP contribution in [0.1, 0.15) is 12.6 Å². The minimum atomic E-state index is -0.493. The highest BCUT2D eigenvalue weighted by Crippen LogP contribution is 2.14. The van der Waals surface area contributed by atoms with Gasteiger partial charge in [0.1, 0.15) is 11.6 Å². The number of rotatable bonds is 2. The zero-order valence-electron chi connectivity index (χ0n) is 6.47. The lowest BCUT2D eigenvalue weighted by atomic mass is 10.2. The monoisotopic (exact) mass is 187 g/mol. The first kappa shape index (κ1) is 9.13. The molecule has 0 aliphatic heterocycles. The fourth-order valence-corrected chi connectivity index (χ4v) is 1.03. The van der Waals surface area contributed by atoms with Crippen LogP contribution in [0.15, 0.2) is 12.3 Å². The van der Waals surface area contributed by atoms with E-state index in [4.69, 9.17) is 11.6 Å². The van der Waals surface area contributed by atoms with Crippen LogP contribution in [0.25, 0.3) is 0 Å². The Morgan fingerprint density at radius 1 is 1.75 bits per heavy atom. The smallest absolute Gasteiger partial charge is 0.142 e. The fourth-order valence-electron chi connectivity index (χ4n) is 0.809. The molecule has 0 N–H and O–H groups in total. The number of nitrogens with zero attached hydrogens (tertiary/aromatic N) is 1. The molecule has 4 heteroatoms. The summed E-state index contributed by atoms with van der Waals surface area (Å²) in [5.74, 6) is -0.539. The van der Waals surface area contributed by atoms with Gasteiger partial charge in [0.15, 0.2) is 0 Å². The molecule has 0 aromatic carbocycles. The van der Waals surface area contributed by atoms with Crippen LogP contribution < -0.4 is 0 Å². The van der Waals surface area contributed by atoms with Crippen molar-refractivity contribution in [2.45, 2.75) is 13.3 Å². The summed E-state index contributed by atoms with van der Waals surface area (Å²) >= 11 is 5.62.